The third-order valence-corrected chi connectivity index (χ3v) is 11.6. The standard InChI is InChI=1S/C36H29N9O4S4/c46-35(33-11-5-13-50-33)37-29-7-1-3-9-31(29)52-22-26-20-43(41-39-26)18-24-15-25(17-28(16-24)45(48)49)19-44-21-27(40-42-44)23-53-32-10-4-2-8-30(32)38-36(47)34-12-6-14-51-34/h1-17,20-21H,18-19,22-23H2,(H,37,46)(H,38,47). The molecule has 13 nitrogen and oxygen atoms in total. The van der Waals surface area contributed by atoms with E-state index in [-0.39, 0.29) is 30.6 Å². The average Bonchev–Trinajstić information content (AvgIpc) is 4.00. The Kier molecular flexibility index (Phi) is 11.3. The zero-order chi connectivity index (χ0) is 36.6. The topological polar surface area (TPSA) is 163 Å². The van der Waals surface area contributed by atoms with Gasteiger partial charge >= 0.3 is 0 Å². The van der Waals surface area contributed by atoms with Crippen molar-refractivity contribution in [2.75, 3.05) is 10.6 Å². The number of para-hydroxylation sites is 2. The predicted molar refractivity (Wildman–Crippen MR) is 208 cm³/mol. The summed E-state index contributed by atoms with van der Waals surface area (Å²) in [6.45, 7) is 0.558. The monoisotopic (exact) mass is 779 g/mol. The van der Waals surface area contributed by atoms with E-state index in [1.165, 1.54) is 58.3 Å². The van der Waals surface area contributed by atoms with E-state index in [2.05, 4.69) is 31.3 Å². The van der Waals surface area contributed by atoms with E-state index >= 15 is 0 Å². The molecule has 0 saturated carbocycles. The maximum Gasteiger partial charge on any atom is 0.270 e. The number of anilines is 2. The first-order valence-electron chi connectivity index (χ1n) is 16.0. The summed E-state index contributed by atoms with van der Waals surface area (Å²) in [5, 5.41) is 38.7. The first-order valence-corrected chi connectivity index (χ1v) is 19.8. The van der Waals surface area contributed by atoms with E-state index < -0.39 is 4.92 Å². The molecule has 0 fully saturated rings. The van der Waals surface area contributed by atoms with Gasteiger partial charge in [-0.3, -0.25) is 19.7 Å². The van der Waals surface area contributed by atoms with E-state index in [0.29, 0.717) is 43.8 Å². The first-order chi connectivity index (χ1) is 25.9. The molecule has 0 atom stereocenters. The molecule has 0 bridgehead atoms. The van der Waals surface area contributed by atoms with Gasteiger partial charge in [0, 0.05) is 45.8 Å². The predicted octanol–water partition coefficient (Wildman–Crippen LogP) is 8.09. The number of hydrogen-bond acceptors (Lipinski definition) is 12. The number of thioether (sulfide) groups is 2. The van der Waals surface area contributed by atoms with Crippen LogP contribution in [0.25, 0.3) is 0 Å². The van der Waals surface area contributed by atoms with Crippen molar-refractivity contribution >= 4 is 75.1 Å². The fraction of sp³-hybridized carbons (Fsp3) is 0.111. The van der Waals surface area contributed by atoms with E-state index in [1.54, 1.807) is 21.5 Å². The molecule has 7 aromatic rings. The van der Waals surface area contributed by atoms with Gasteiger partial charge in [0.15, 0.2) is 0 Å². The van der Waals surface area contributed by atoms with Crippen LogP contribution in [0.2, 0.25) is 0 Å². The second-order valence-corrected chi connectivity index (χ2v) is 15.4. The molecule has 4 heterocycles. The summed E-state index contributed by atoms with van der Waals surface area (Å²) >= 11 is 5.81. The van der Waals surface area contributed by atoms with Crippen LogP contribution >= 0.6 is 46.2 Å². The highest BCUT2D eigenvalue weighted by Crippen LogP contribution is 2.31. The Morgan fingerprint density at radius 1 is 0.679 bits per heavy atom. The number of nitrogens with zero attached hydrogens (tertiary/aromatic N) is 7. The first kappa shape index (κ1) is 35.8. The summed E-state index contributed by atoms with van der Waals surface area (Å²) in [5.74, 6) is 0.699. The van der Waals surface area contributed by atoms with Gasteiger partial charge in [-0.2, -0.15) is 0 Å². The Bertz CT molecular complexity index is 2200. The van der Waals surface area contributed by atoms with Crippen molar-refractivity contribution in [1.29, 1.82) is 0 Å². The highest BCUT2D eigenvalue weighted by atomic mass is 32.2. The summed E-state index contributed by atoms with van der Waals surface area (Å²) in [4.78, 5) is 39.7. The van der Waals surface area contributed by atoms with E-state index in [4.69, 9.17) is 0 Å². The molecule has 7 rings (SSSR count). The maximum atomic E-state index is 12.6. The van der Waals surface area contributed by atoms with Gasteiger partial charge in [0.05, 0.1) is 50.5 Å². The Morgan fingerprint density at radius 2 is 1.15 bits per heavy atom. The lowest BCUT2D eigenvalue weighted by Crippen LogP contribution is -2.10. The van der Waals surface area contributed by atoms with Gasteiger partial charge in [0.25, 0.3) is 17.5 Å². The molecular weight excluding hydrogens is 751 g/mol. The number of aromatic nitrogens is 6. The number of carbonyl (C=O) groups is 2. The van der Waals surface area contributed by atoms with E-state index in [0.717, 1.165) is 21.2 Å². The Hall–Kier alpha value is -5.62. The Balaban J connectivity index is 0.969. The summed E-state index contributed by atoms with van der Waals surface area (Å²) in [6, 6.07) is 27.4. The normalized spacial score (nSPS) is 11.0. The minimum Gasteiger partial charge on any atom is -0.320 e. The molecule has 0 aliphatic heterocycles. The highest BCUT2D eigenvalue weighted by molar-refractivity contribution is 7.99. The van der Waals surface area contributed by atoms with Crippen LogP contribution in [0.3, 0.4) is 0 Å². The second kappa shape index (κ2) is 16.8. The smallest absolute Gasteiger partial charge is 0.270 e. The largest absolute Gasteiger partial charge is 0.320 e. The fourth-order valence-corrected chi connectivity index (χ4v) is 8.26. The average molecular weight is 780 g/mol. The van der Waals surface area contributed by atoms with Crippen LogP contribution in [0.5, 0.6) is 0 Å². The number of amides is 2. The van der Waals surface area contributed by atoms with Gasteiger partial charge < -0.3 is 10.6 Å². The molecule has 0 saturated heterocycles. The summed E-state index contributed by atoms with van der Waals surface area (Å²) < 4.78 is 3.30. The molecule has 2 amide bonds. The molecule has 0 spiro atoms. The molecule has 266 valence electrons. The Labute approximate surface area is 319 Å². The van der Waals surface area contributed by atoms with Crippen molar-refractivity contribution in [3.63, 3.8) is 0 Å². The lowest BCUT2D eigenvalue weighted by molar-refractivity contribution is -0.385. The van der Waals surface area contributed by atoms with Crippen molar-refractivity contribution in [1.82, 2.24) is 30.0 Å². The van der Waals surface area contributed by atoms with Crippen LogP contribution in [-0.4, -0.2) is 46.7 Å². The van der Waals surface area contributed by atoms with Crippen LogP contribution in [0, 0.1) is 10.1 Å². The third-order valence-electron chi connectivity index (χ3n) is 7.62. The molecule has 0 radical (unpaired) electrons. The zero-order valence-electron chi connectivity index (χ0n) is 27.7. The van der Waals surface area contributed by atoms with Crippen LogP contribution in [-0.2, 0) is 24.6 Å². The second-order valence-electron chi connectivity index (χ2n) is 11.5. The molecular formula is C36H29N9O4S4. The van der Waals surface area contributed by atoms with E-state index in [9.17, 15) is 19.7 Å². The van der Waals surface area contributed by atoms with Crippen molar-refractivity contribution in [3.8, 4) is 0 Å². The minimum absolute atomic E-state index is 0.0355. The molecule has 53 heavy (non-hydrogen) atoms. The van der Waals surface area contributed by atoms with Crippen LogP contribution in [0.4, 0.5) is 17.1 Å². The number of hydrogen-bond donors (Lipinski definition) is 2. The van der Waals surface area contributed by atoms with Crippen LogP contribution < -0.4 is 10.6 Å². The number of rotatable bonds is 15. The highest BCUT2D eigenvalue weighted by Gasteiger charge is 2.15. The summed E-state index contributed by atoms with van der Waals surface area (Å²) in [7, 11) is 0. The van der Waals surface area contributed by atoms with Crippen molar-refractivity contribution in [2.45, 2.75) is 34.4 Å². The van der Waals surface area contributed by atoms with E-state index in [1.807, 2.05) is 89.9 Å². The van der Waals surface area contributed by atoms with Gasteiger partial charge in [-0.15, -0.1) is 56.4 Å². The lowest BCUT2D eigenvalue weighted by Gasteiger charge is -2.09. The summed E-state index contributed by atoms with van der Waals surface area (Å²) in [6.07, 6.45) is 3.62. The molecule has 17 heteroatoms. The number of non-ortho nitro benzene ring substituents is 1. The Morgan fingerprint density at radius 3 is 1.58 bits per heavy atom. The molecule has 0 unspecified atom stereocenters. The molecule has 2 N–H and O–H groups in total. The number of thiophene rings is 2. The maximum absolute atomic E-state index is 12.6. The zero-order valence-corrected chi connectivity index (χ0v) is 31.0. The number of nitrogens with one attached hydrogen (secondary N) is 2. The van der Waals surface area contributed by atoms with Crippen molar-refractivity contribution in [3.05, 3.63) is 157 Å². The van der Waals surface area contributed by atoms with Crippen molar-refractivity contribution < 1.29 is 14.5 Å². The lowest BCUT2D eigenvalue weighted by atomic mass is 10.1. The minimum atomic E-state index is -0.414. The van der Waals surface area contributed by atoms with Gasteiger partial charge in [-0.25, -0.2) is 9.36 Å². The number of carbonyl (C=O) groups excluding carboxylic acids is 2. The van der Waals surface area contributed by atoms with Crippen LogP contribution in [0.15, 0.2) is 124 Å². The van der Waals surface area contributed by atoms with Crippen molar-refractivity contribution in [2.24, 2.45) is 0 Å². The number of nitro benzene ring substituents is 1. The van der Waals surface area contributed by atoms with Gasteiger partial charge in [-0.05, 0) is 58.3 Å². The quantitative estimate of drug-likeness (QED) is 0.0591. The SMILES string of the molecule is O=C(Nc1ccccc1SCc1cn(Cc2cc(Cn3cc(CSc4ccccc4NC(=O)c4cccs4)nn3)cc([N+](=O)[O-])c2)nn1)c1cccs1. The van der Waals surface area contributed by atoms with Gasteiger partial charge in [-0.1, -0.05) is 52.9 Å². The molecule has 4 aromatic heterocycles. The van der Waals surface area contributed by atoms with Crippen LogP contribution in [0.1, 0.15) is 41.9 Å². The third kappa shape index (κ3) is 9.44. The number of nitro groups is 1. The number of benzene rings is 3. The fourth-order valence-electron chi connectivity index (χ4n) is 5.25. The van der Waals surface area contributed by atoms with Gasteiger partial charge in [0.1, 0.15) is 0 Å². The van der Waals surface area contributed by atoms with Gasteiger partial charge in [0.2, 0.25) is 0 Å². The molecule has 0 aliphatic carbocycles. The molecule has 3 aromatic carbocycles. The summed E-state index contributed by atoms with van der Waals surface area (Å²) in [5.41, 5.74) is 4.22. The molecule has 0 aliphatic rings.